The monoisotopic (exact) mass is 291 g/mol. The van der Waals surface area contributed by atoms with Crippen molar-refractivity contribution in [1.29, 1.82) is 0 Å². The van der Waals surface area contributed by atoms with Gasteiger partial charge in [-0.1, -0.05) is 26.2 Å². The minimum absolute atomic E-state index is 0.0158. The number of nitrogens with one attached hydrogen (secondary N) is 2. The molecule has 1 aliphatic heterocycles. The van der Waals surface area contributed by atoms with Crippen molar-refractivity contribution in [3.63, 3.8) is 0 Å². The lowest BCUT2D eigenvalue weighted by Gasteiger charge is -2.35. The Morgan fingerprint density at radius 1 is 1.37 bits per heavy atom. The van der Waals surface area contributed by atoms with Crippen LogP contribution in [0.4, 0.5) is 0 Å². The molecule has 2 unspecified atom stereocenters. The van der Waals surface area contributed by atoms with Crippen LogP contribution in [0.1, 0.15) is 52.4 Å². The van der Waals surface area contributed by atoms with Crippen molar-refractivity contribution in [3.8, 4) is 0 Å². The molecule has 1 aliphatic rings. The van der Waals surface area contributed by atoms with Gasteiger partial charge in [0.25, 0.3) is 10.2 Å². The second-order valence-electron chi connectivity index (χ2n) is 5.48. The Morgan fingerprint density at radius 2 is 2.11 bits per heavy atom. The van der Waals surface area contributed by atoms with Crippen LogP contribution in [0.15, 0.2) is 0 Å². The Bertz CT molecular complexity index is 344. The number of likely N-dealkylation sites (N-methyl/N-ethyl adjacent to an activating group) is 1. The van der Waals surface area contributed by atoms with E-state index in [9.17, 15) is 8.42 Å². The highest BCUT2D eigenvalue weighted by Crippen LogP contribution is 2.19. The molecular weight excluding hydrogens is 262 g/mol. The highest BCUT2D eigenvalue weighted by atomic mass is 32.2. The fourth-order valence-corrected chi connectivity index (χ4v) is 4.32. The van der Waals surface area contributed by atoms with Gasteiger partial charge in [0.1, 0.15) is 0 Å². The van der Waals surface area contributed by atoms with Gasteiger partial charge >= 0.3 is 0 Å². The van der Waals surface area contributed by atoms with Crippen molar-refractivity contribution in [2.45, 2.75) is 64.5 Å². The van der Waals surface area contributed by atoms with Crippen molar-refractivity contribution < 1.29 is 8.42 Å². The molecule has 114 valence electrons. The van der Waals surface area contributed by atoms with Gasteiger partial charge in [-0.2, -0.15) is 17.4 Å². The quantitative estimate of drug-likeness (QED) is 0.712. The Balaban J connectivity index is 2.62. The summed E-state index contributed by atoms with van der Waals surface area (Å²) >= 11 is 0. The van der Waals surface area contributed by atoms with Gasteiger partial charge in [-0.25, -0.2) is 0 Å². The average Bonchev–Trinajstić information content (AvgIpc) is 2.37. The second kappa shape index (κ2) is 8.19. The van der Waals surface area contributed by atoms with E-state index in [2.05, 4.69) is 17.0 Å². The SMILES string of the molecule is CCCCC(C)NS(=O)(=O)N1CCCCC1CNC. The molecule has 0 aromatic rings. The summed E-state index contributed by atoms with van der Waals surface area (Å²) in [5, 5.41) is 3.09. The molecule has 0 bridgehead atoms. The van der Waals surface area contributed by atoms with Crippen LogP contribution in [0.2, 0.25) is 0 Å². The van der Waals surface area contributed by atoms with Crippen molar-refractivity contribution in [2.24, 2.45) is 0 Å². The second-order valence-corrected chi connectivity index (χ2v) is 7.14. The molecule has 1 rings (SSSR count). The molecule has 2 N–H and O–H groups in total. The number of hydrogen-bond acceptors (Lipinski definition) is 3. The first-order valence-electron chi connectivity index (χ1n) is 7.45. The van der Waals surface area contributed by atoms with E-state index in [0.717, 1.165) is 45.1 Å². The average molecular weight is 291 g/mol. The van der Waals surface area contributed by atoms with Gasteiger partial charge in [-0.3, -0.25) is 0 Å². The van der Waals surface area contributed by atoms with Crippen LogP contribution >= 0.6 is 0 Å². The summed E-state index contributed by atoms with van der Waals surface area (Å²) in [6.07, 6.45) is 6.08. The van der Waals surface area contributed by atoms with Gasteiger partial charge < -0.3 is 5.32 Å². The topological polar surface area (TPSA) is 61.4 Å². The van der Waals surface area contributed by atoms with Crippen LogP contribution in [0.3, 0.4) is 0 Å². The predicted octanol–water partition coefficient (Wildman–Crippen LogP) is 1.47. The fraction of sp³-hybridized carbons (Fsp3) is 1.00. The molecule has 1 fully saturated rings. The fourth-order valence-electron chi connectivity index (χ4n) is 2.62. The number of hydrogen-bond donors (Lipinski definition) is 2. The van der Waals surface area contributed by atoms with E-state index in [1.165, 1.54) is 0 Å². The van der Waals surface area contributed by atoms with E-state index >= 15 is 0 Å². The summed E-state index contributed by atoms with van der Waals surface area (Å²) in [5.74, 6) is 0. The molecule has 0 aliphatic carbocycles. The van der Waals surface area contributed by atoms with Crippen molar-refractivity contribution in [2.75, 3.05) is 20.1 Å². The molecular formula is C13H29N3O2S. The lowest BCUT2D eigenvalue weighted by molar-refractivity contribution is 0.244. The Kier molecular flexibility index (Phi) is 7.28. The molecule has 0 aromatic carbocycles. The Morgan fingerprint density at radius 3 is 2.74 bits per heavy atom. The maximum absolute atomic E-state index is 12.4. The summed E-state index contributed by atoms with van der Waals surface area (Å²) < 4.78 is 29.3. The lowest BCUT2D eigenvalue weighted by atomic mass is 10.1. The molecule has 1 heterocycles. The number of nitrogens with zero attached hydrogens (tertiary/aromatic N) is 1. The Labute approximate surface area is 118 Å². The molecule has 0 radical (unpaired) electrons. The first-order chi connectivity index (χ1) is 9.01. The zero-order valence-electron chi connectivity index (χ0n) is 12.5. The maximum atomic E-state index is 12.4. The van der Waals surface area contributed by atoms with Gasteiger partial charge in [-0.15, -0.1) is 0 Å². The van der Waals surface area contributed by atoms with E-state index < -0.39 is 10.2 Å². The summed E-state index contributed by atoms with van der Waals surface area (Å²) in [4.78, 5) is 0. The zero-order valence-corrected chi connectivity index (χ0v) is 13.3. The minimum atomic E-state index is -3.34. The van der Waals surface area contributed by atoms with Gasteiger partial charge in [0, 0.05) is 25.2 Å². The predicted molar refractivity (Wildman–Crippen MR) is 79.3 cm³/mol. The van der Waals surface area contributed by atoms with Gasteiger partial charge in [0.2, 0.25) is 0 Å². The highest BCUT2D eigenvalue weighted by molar-refractivity contribution is 7.87. The molecule has 0 amide bonds. The zero-order chi connectivity index (χ0) is 14.3. The van der Waals surface area contributed by atoms with E-state index in [1.807, 2.05) is 14.0 Å². The summed E-state index contributed by atoms with van der Waals surface area (Å²) in [6.45, 7) is 5.44. The van der Waals surface area contributed by atoms with Crippen LogP contribution in [-0.2, 0) is 10.2 Å². The van der Waals surface area contributed by atoms with E-state index in [0.29, 0.717) is 6.54 Å². The highest BCUT2D eigenvalue weighted by Gasteiger charge is 2.32. The molecule has 0 saturated carbocycles. The largest absolute Gasteiger partial charge is 0.318 e. The van der Waals surface area contributed by atoms with E-state index in [1.54, 1.807) is 4.31 Å². The molecule has 0 spiro atoms. The molecule has 6 heteroatoms. The third-order valence-electron chi connectivity index (χ3n) is 3.66. The molecule has 2 atom stereocenters. The minimum Gasteiger partial charge on any atom is -0.318 e. The van der Waals surface area contributed by atoms with Crippen molar-refractivity contribution in [1.82, 2.24) is 14.3 Å². The summed E-state index contributed by atoms with van der Waals surface area (Å²) in [6, 6.07) is 0.108. The third-order valence-corrected chi connectivity index (χ3v) is 5.46. The normalized spacial score (nSPS) is 23.4. The van der Waals surface area contributed by atoms with Crippen LogP contribution in [0.5, 0.6) is 0 Å². The van der Waals surface area contributed by atoms with Crippen molar-refractivity contribution >= 4 is 10.2 Å². The van der Waals surface area contributed by atoms with Crippen LogP contribution in [-0.4, -0.2) is 44.9 Å². The third kappa shape index (κ3) is 5.38. The molecule has 1 saturated heterocycles. The number of unbranched alkanes of at least 4 members (excludes halogenated alkanes) is 1. The van der Waals surface area contributed by atoms with Crippen LogP contribution in [0, 0.1) is 0 Å². The van der Waals surface area contributed by atoms with Crippen LogP contribution < -0.4 is 10.0 Å². The number of rotatable bonds is 8. The Hall–Kier alpha value is -0.170. The molecule has 19 heavy (non-hydrogen) atoms. The molecule has 0 aromatic heterocycles. The lowest BCUT2D eigenvalue weighted by Crippen LogP contribution is -2.53. The maximum Gasteiger partial charge on any atom is 0.279 e. The summed E-state index contributed by atoms with van der Waals surface area (Å²) in [5.41, 5.74) is 0. The first kappa shape index (κ1) is 16.9. The first-order valence-corrected chi connectivity index (χ1v) is 8.89. The smallest absolute Gasteiger partial charge is 0.279 e. The van der Waals surface area contributed by atoms with Gasteiger partial charge in [-0.05, 0) is 33.2 Å². The van der Waals surface area contributed by atoms with E-state index in [-0.39, 0.29) is 12.1 Å². The van der Waals surface area contributed by atoms with Crippen molar-refractivity contribution in [3.05, 3.63) is 0 Å². The number of piperidine rings is 1. The van der Waals surface area contributed by atoms with Gasteiger partial charge in [0.15, 0.2) is 0 Å². The van der Waals surface area contributed by atoms with Crippen LogP contribution in [0.25, 0.3) is 0 Å². The summed E-state index contributed by atoms with van der Waals surface area (Å²) in [7, 11) is -1.47. The van der Waals surface area contributed by atoms with E-state index in [4.69, 9.17) is 0 Å². The standard InChI is InChI=1S/C13H29N3O2S/c1-4-5-8-12(2)15-19(17,18)16-10-7-6-9-13(16)11-14-3/h12-15H,4-11H2,1-3H3. The molecule has 5 nitrogen and oxygen atoms in total. The van der Waals surface area contributed by atoms with Gasteiger partial charge in [0.05, 0.1) is 0 Å².